The zero-order chi connectivity index (χ0) is 12.3. The van der Waals surface area contributed by atoms with E-state index >= 15 is 0 Å². The van der Waals surface area contributed by atoms with Crippen LogP contribution < -0.4 is 5.73 Å². The van der Waals surface area contributed by atoms with Crippen LogP contribution >= 0.6 is 11.6 Å². The molecule has 0 bridgehead atoms. The van der Waals surface area contributed by atoms with E-state index in [1.54, 1.807) is 0 Å². The Hall–Kier alpha value is -0.640. The second kappa shape index (κ2) is 5.62. The monoisotopic (exact) mass is 245 g/mol. The highest BCUT2D eigenvalue weighted by molar-refractivity contribution is 6.31. The molecule has 0 saturated heterocycles. The first-order valence-electron chi connectivity index (χ1n) is 5.30. The average molecular weight is 246 g/mol. The molecule has 1 aromatic rings. The number of aliphatic hydroxyl groups is 1. The molecule has 0 amide bonds. The van der Waals surface area contributed by atoms with Crippen molar-refractivity contribution in [2.45, 2.75) is 20.0 Å². The van der Waals surface area contributed by atoms with Crippen LogP contribution in [0, 0.1) is 17.7 Å². The molecule has 2 unspecified atom stereocenters. The molecule has 0 aliphatic heterocycles. The number of halogens is 2. The highest BCUT2D eigenvalue weighted by Gasteiger charge is 2.24. The molecule has 0 spiro atoms. The lowest BCUT2D eigenvalue weighted by molar-refractivity contribution is 0.0861. The molecule has 90 valence electrons. The van der Waals surface area contributed by atoms with E-state index in [0.717, 1.165) is 0 Å². The number of hydrogen-bond donors (Lipinski definition) is 2. The fourth-order valence-electron chi connectivity index (χ4n) is 1.74. The molecule has 0 radical (unpaired) electrons. The van der Waals surface area contributed by atoms with Gasteiger partial charge in [0.15, 0.2) is 0 Å². The summed E-state index contributed by atoms with van der Waals surface area (Å²) in [7, 11) is 0. The Bertz CT molecular complexity index is 357. The van der Waals surface area contributed by atoms with E-state index in [4.69, 9.17) is 17.3 Å². The van der Waals surface area contributed by atoms with Crippen molar-refractivity contribution in [3.8, 4) is 0 Å². The molecule has 2 atom stereocenters. The first-order chi connectivity index (χ1) is 7.47. The molecule has 1 aromatic carbocycles. The van der Waals surface area contributed by atoms with E-state index in [9.17, 15) is 9.50 Å². The van der Waals surface area contributed by atoms with E-state index in [2.05, 4.69) is 0 Å². The Morgan fingerprint density at radius 3 is 2.50 bits per heavy atom. The maximum absolute atomic E-state index is 12.9. The van der Waals surface area contributed by atoms with Gasteiger partial charge < -0.3 is 10.8 Å². The largest absolute Gasteiger partial charge is 0.388 e. The second-order valence-corrected chi connectivity index (χ2v) is 4.66. The summed E-state index contributed by atoms with van der Waals surface area (Å²) in [5, 5.41) is 10.4. The normalized spacial score (nSPS) is 15.2. The summed E-state index contributed by atoms with van der Waals surface area (Å²) in [5.41, 5.74) is 6.15. The van der Waals surface area contributed by atoms with Crippen LogP contribution in [0.4, 0.5) is 4.39 Å². The summed E-state index contributed by atoms with van der Waals surface area (Å²) >= 11 is 5.89. The molecule has 2 nitrogen and oxygen atoms in total. The van der Waals surface area contributed by atoms with E-state index < -0.39 is 11.9 Å². The van der Waals surface area contributed by atoms with E-state index in [1.165, 1.54) is 18.2 Å². The Balaban J connectivity index is 2.99. The summed E-state index contributed by atoms with van der Waals surface area (Å²) in [6, 6.07) is 4.00. The van der Waals surface area contributed by atoms with Crippen molar-refractivity contribution in [3.05, 3.63) is 34.6 Å². The van der Waals surface area contributed by atoms with Crippen LogP contribution in [0.25, 0.3) is 0 Å². The minimum atomic E-state index is -0.752. The quantitative estimate of drug-likeness (QED) is 0.857. The van der Waals surface area contributed by atoms with Crippen LogP contribution in [-0.4, -0.2) is 11.7 Å². The van der Waals surface area contributed by atoms with Gasteiger partial charge in [-0.2, -0.15) is 0 Å². The molecular weight excluding hydrogens is 229 g/mol. The van der Waals surface area contributed by atoms with E-state index in [-0.39, 0.29) is 16.9 Å². The molecule has 0 aliphatic carbocycles. The first-order valence-corrected chi connectivity index (χ1v) is 5.68. The molecule has 4 heteroatoms. The van der Waals surface area contributed by atoms with Crippen molar-refractivity contribution in [2.75, 3.05) is 6.54 Å². The Kier molecular flexibility index (Phi) is 4.71. The van der Waals surface area contributed by atoms with Crippen LogP contribution in [0.5, 0.6) is 0 Å². The predicted molar refractivity (Wildman–Crippen MR) is 63.8 cm³/mol. The van der Waals surface area contributed by atoms with Crippen LogP contribution in [0.2, 0.25) is 5.02 Å². The van der Waals surface area contributed by atoms with Crippen LogP contribution in [-0.2, 0) is 0 Å². The predicted octanol–water partition coefficient (Wildman–Crippen LogP) is 2.74. The lowest BCUT2D eigenvalue weighted by Crippen LogP contribution is -2.26. The summed E-state index contributed by atoms with van der Waals surface area (Å²) in [6.07, 6.45) is -0.752. The smallest absolute Gasteiger partial charge is 0.124 e. The van der Waals surface area contributed by atoms with Crippen LogP contribution in [0.3, 0.4) is 0 Å². The van der Waals surface area contributed by atoms with Crippen LogP contribution in [0.15, 0.2) is 18.2 Å². The summed E-state index contributed by atoms with van der Waals surface area (Å²) < 4.78 is 12.9. The van der Waals surface area contributed by atoms with Gasteiger partial charge in [0.2, 0.25) is 0 Å². The summed E-state index contributed by atoms with van der Waals surface area (Å²) in [5.74, 6) is -0.251. The molecule has 0 heterocycles. The standard InChI is InChI=1S/C12H17ClFNO/c1-7(2)10(6-15)12(16)9-4-3-8(14)5-11(9)13/h3-5,7,10,12,16H,6,15H2,1-2H3. The van der Waals surface area contributed by atoms with Gasteiger partial charge in [0.05, 0.1) is 6.10 Å². The van der Waals surface area contributed by atoms with Crippen molar-refractivity contribution in [3.63, 3.8) is 0 Å². The first kappa shape index (κ1) is 13.4. The Labute approximate surface area is 100 Å². The van der Waals surface area contributed by atoms with Gasteiger partial charge >= 0.3 is 0 Å². The molecule has 0 fully saturated rings. The SMILES string of the molecule is CC(C)C(CN)C(O)c1ccc(F)cc1Cl. The minimum absolute atomic E-state index is 0.0806. The fraction of sp³-hybridized carbons (Fsp3) is 0.500. The number of nitrogens with two attached hydrogens (primary N) is 1. The topological polar surface area (TPSA) is 46.2 Å². The van der Waals surface area contributed by atoms with Crippen molar-refractivity contribution in [2.24, 2.45) is 17.6 Å². The maximum Gasteiger partial charge on any atom is 0.124 e. The van der Waals surface area contributed by atoms with Gasteiger partial charge in [-0.1, -0.05) is 31.5 Å². The van der Waals surface area contributed by atoms with E-state index in [0.29, 0.717) is 12.1 Å². The second-order valence-electron chi connectivity index (χ2n) is 4.25. The number of hydrogen-bond acceptors (Lipinski definition) is 2. The van der Waals surface area contributed by atoms with Crippen LogP contribution in [0.1, 0.15) is 25.5 Å². The van der Waals surface area contributed by atoms with Crippen molar-refractivity contribution in [1.29, 1.82) is 0 Å². The summed E-state index contributed by atoms with van der Waals surface area (Å²) in [4.78, 5) is 0. The maximum atomic E-state index is 12.9. The molecule has 0 saturated carbocycles. The van der Waals surface area contributed by atoms with Gasteiger partial charge in [-0.05, 0) is 30.2 Å². The van der Waals surface area contributed by atoms with Gasteiger partial charge in [0, 0.05) is 10.9 Å². The number of aliphatic hydroxyl groups excluding tert-OH is 1. The van der Waals surface area contributed by atoms with Gasteiger partial charge in [-0.25, -0.2) is 4.39 Å². The molecule has 0 aliphatic rings. The lowest BCUT2D eigenvalue weighted by atomic mass is 9.86. The highest BCUT2D eigenvalue weighted by Crippen LogP contribution is 2.32. The van der Waals surface area contributed by atoms with Gasteiger partial charge in [0.1, 0.15) is 5.82 Å². The zero-order valence-electron chi connectivity index (χ0n) is 9.45. The molecular formula is C12H17ClFNO. The molecule has 16 heavy (non-hydrogen) atoms. The van der Waals surface area contributed by atoms with E-state index in [1.807, 2.05) is 13.8 Å². The molecule has 1 rings (SSSR count). The van der Waals surface area contributed by atoms with Gasteiger partial charge in [-0.3, -0.25) is 0 Å². The fourth-order valence-corrected chi connectivity index (χ4v) is 2.02. The Morgan fingerprint density at radius 2 is 2.06 bits per heavy atom. The van der Waals surface area contributed by atoms with Crippen molar-refractivity contribution >= 4 is 11.6 Å². The van der Waals surface area contributed by atoms with Crippen molar-refractivity contribution < 1.29 is 9.50 Å². The van der Waals surface area contributed by atoms with Gasteiger partial charge in [-0.15, -0.1) is 0 Å². The third kappa shape index (κ3) is 2.94. The summed E-state index contributed by atoms with van der Waals surface area (Å²) in [6.45, 7) is 4.34. The lowest BCUT2D eigenvalue weighted by Gasteiger charge is -2.25. The third-order valence-corrected chi connectivity index (χ3v) is 3.14. The highest BCUT2D eigenvalue weighted by atomic mass is 35.5. The molecule has 3 N–H and O–H groups in total. The van der Waals surface area contributed by atoms with Gasteiger partial charge in [0.25, 0.3) is 0 Å². The average Bonchev–Trinajstić information content (AvgIpc) is 2.17. The minimum Gasteiger partial charge on any atom is -0.388 e. The zero-order valence-corrected chi connectivity index (χ0v) is 10.2. The number of benzene rings is 1. The Morgan fingerprint density at radius 1 is 1.44 bits per heavy atom. The van der Waals surface area contributed by atoms with Crippen molar-refractivity contribution in [1.82, 2.24) is 0 Å². The number of rotatable bonds is 4. The molecule has 0 aromatic heterocycles. The third-order valence-electron chi connectivity index (χ3n) is 2.82.